The molecule has 1 unspecified atom stereocenters. The molecule has 0 spiro atoms. The highest BCUT2D eigenvalue weighted by Crippen LogP contribution is 2.20. The van der Waals surface area contributed by atoms with Crippen LogP contribution >= 0.6 is 0 Å². The lowest BCUT2D eigenvalue weighted by atomic mass is 10.1. The molecule has 1 aromatic rings. The van der Waals surface area contributed by atoms with Crippen molar-refractivity contribution in [3.8, 4) is 0 Å². The molecule has 102 valence electrons. The maximum absolute atomic E-state index is 12.0. The Balaban J connectivity index is 2.06. The summed E-state index contributed by atoms with van der Waals surface area (Å²) in [6.45, 7) is 2.89. The van der Waals surface area contributed by atoms with Gasteiger partial charge in [-0.05, 0) is 19.3 Å². The first-order valence-electron chi connectivity index (χ1n) is 5.80. The molecule has 1 aliphatic rings. The molecule has 1 fully saturated rings. The first-order chi connectivity index (χ1) is 8.53. The number of aliphatic hydroxyl groups excluding tert-OH is 1. The van der Waals surface area contributed by atoms with Gasteiger partial charge in [-0.25, -0.2) is 13.1 Å². The van der Waals surface area contributed by atoms with Gasteiger partial charge in [-0.1, -0.05) is 0 Å². The molecular formula is C11H17NO5S. The fourth-order valence-corrected chi connectivity index (χ4v) is 3.24. The summed E-state index contributed by atoms with van der Waals surface area (Å²) in [6.07, 6.45) is 0.870. The number of hydrogen-bond acceptors (Lipinski definition) is 5. The average molecular weight is 275 g/mol. The minimum atomic E-state index is -3.58. The number of aryl methyl sites for hydroxylation is 1. The molecule has 18 heavy (non-hydrogen) atoms. The Morgan fingerprint density at radius 1 is 1.56 bits per heavy atom. The van der Waals surface area contributed by atoms with E-state index in [2.05, 4.69) is 4.72 Å². The van der Waals surface area contributed by atoms with Gasteiger partial charge in [0.1, 0.15) is 23.0 Å². The monoisotopic (exact) mass is 275 g/mol. The summed E-state index contributed by atoms with van der Waals surface area (Å²) in [4.78, 5) is 0.0884. The van der Waals surface area contributed by atoms with Crippen molar-refractivity contribution in [3.05, 3.63) is 17.6 Å². The van der Waals surface area contributed by atoms with Crippen LogP contribution < -0.4 is 4.72 Å². The molecule has 6 nitrogen and oxygen atoms in total. The van der Waals surface area contributed by atoms with Crippen LogP contribution in [0.1, 0.15) is 17.9 Å². The average Bonchev–Trinajstić information content (AvgIpc) is 2.95. The van der Waals surface area contributed by atoms with Crippen LogP contribution in [0.25, 0.3) is 0 Å². The van der Waals surface area contributed by atoms with Gasteiger partial charge in [0.05, 0.1) is 6.61 Å². The van der Waals surface area contributed by atoms with E-state index in [9.17, 15) is 8.42 Å². The third-order valence-electron chi connectivity index (χ3n) is 2.95. The van der Waals surface area contributed by atoms with Gasteiger partial charge in [0, 0.05) is 19.2 Å². The zero-order valence-electron chi connectivity index (χ0n) is 10.2. The molecule has 0 radical (unpaired) electrons. The molecule has 2 rings (SSSR count). The van der Waals surface area contributed by atoms with E-state index >= 15 is 0 Å². The largest absolute Gasteiger partial charge is 0.462 e. The summed E-state index contributed by atoms with van der Waals surface area (Å²) in [5.74, 6) is 0.760. The standard InChI is InChI=1S/C11H17NO5S/c1-8-11(4-10(6-13)17-8)18(14,15)12-5-9-2-3-16-7-9/h4,9,12-13H,2-3,5-7H2,1H3. The first-order valence-corrected chi connectivity index (χ1v) is 7.29. The molecular weight excluding hydrogens is 258 g/mol. The summed E-state index contributed by atoms with van der Waals surface area (Å²) >= 11 is 0. The van der Waals surface area contributed by atoms with Gasteiger partial charge in [-0.15, -0.1) is 0 Å². The minimum Gasteiger partial charge on any atom is -0.462 e. The molecule has 1 atom stereocenters. The van der Waals surface area contributed by atoms with Crippen molar-refractivity contribution in [1.82, 2.24) is 4.72 Å². The van der Waals surface area contributed by atoms with Gasteiger partial charge < -0.3 is 14.3 Å². The molecule has 0 amide bonds. The maximum atomic E-state index is 12.0. The zero-order valence-corrected chi connectivity index (χ0v) is 11.0. The quantitative estimate of drug-likeness (QED) is 0.811. The van der Waals surface area contributed by atoms with E-state index in [4.69, 9.17) is 14.3 Å². The smallest absolute Gasteiger partial charge is 0.244 e. The minimum absolute atomic E-state index is 0.0884. The molecule has 2 heterocycles. The summed E-state index contributed by atoms with van der Waals surface area (Å²) < 4.78 is 37.0. The maximum Gasteiger partial charge on any atom is 0.244 e. The highest BCUT2D eigenvalue weighted by atomic mass is 32.2. The van der Waals surface area contributed by atoms with Gasteiger partial charge >= 0.3 is 0 Å². The Kier molecular flexibility index (Phi) is 4.06. The van der Waals surface area contributed by atoms with E-state index in [1.807, 2.05) is 0 Å². The normalized spacial score (nSPS) is 20.4. The number of rotatable bonds is 5. The zero-order chi connectivity index (χ0) is 13.2. The Labute approximate surface area is 106 Å². The Bertz CT molecular complexity index is 502. The fraction of sp³-hybridized carbons (Fsp3) is 0.636. The van der Waals surface area contributed by atoms with Crippen molar-refractivity contribution in [2.45, 2.75) is 24.8 Å². The lowest BCUT2D eigenvalue weighted by molar-refractivity contribution is 0.186. The molecule has 1 aliphatic heterocycles. The topological polar surface area (TPSA) is 88.8 Å². The number of furan rings is 1. The molecule has 1 saturated heterocycles. The molecule has 2 N–H and O–H groups in total. The number of nitrogens with one attached hydrogen (secondary N) is 1. The number of sulfonamides is 1. The van der Waals surface area contributed by atoms with E-state index in [0.29, 0.717) is 19.8 Å². The second-order valence-electron chi connectivity index (χ2n) is 4.37. The van der Waals surface area contributed by atoms with Crippen molar-refractivity contribution < 1.29 is 22.7 Å². The van der Waals surface area contributed by atoms with E-state index in [0.717, 1.165) is 6.42 Å². The van der Waals surface area contributed by atoms with Crippen molar-refractivity contribution in [2.75, 3.05) is 19.8 Å². The van der Waals surface area contributed by atoms with Gasteiger partial charge in [-0.3, -0.25) is 0 Å². The summed E-state index contributed by atoms with van der Waals surface area (Å²) in [5, 5.41) is 8.92. The number of aliphatic hydroxyl groups is 1. The van der Waals surface area contributed by atoms with E-state index in [1.165, 1.54) is 6.07 Å². The lowest BCUT2D eigenvalue weighted by Crippen LogP contribution is -2.29. The van der Waals surface area contributed by atoms with Crippen molar-refractivity contribution in [1.29, 1.82) is 0 Å². The fourth-order valence-electron chi connectivity index (χ4n) is 1.92. The summed E-state index contributed by atoms with van der Waals surface area (Å²) in [6, 6.07) is 1.35. The second-order valence-corrected chi connectivity index (χ2v) is 6.11. The van der Waals surface area contributed by atoms with E-state index in [1.54, 1.807) is 6.92 Å². The van der Waals surface area contributed by atoms with Crippen molar-refractivity contribution >= 4 is 10.0 Å². The molecule has 0 aromatic carbocycles. The lowest BCUT2D eigenvalue weighted by Gasteiger charge is -2.09. The molecule has 0 saturated carbocycles. The Morgan fingerprint density at radius 3 is 2.89 bits per heavy atom. The molecule has 1 aromatic heterocycles. The van der Waals surface area contributed by atoms with Crippen LogP contribution in [0, 0.1) is 12.8 Å². The number of ether oxygens (including phenoxy) is 1. The molecule has 7 heteroatoms. The summed E-state index contributed by atoms with van der Waals surface area (Å²) in [7, 11) is -3.58. The van der Waals surface area contributed by atoms with Gasteiger partial charge in [0.2, 0.25) is 10.0 Å². The van der Waals surface area contributed by atoms with Crippen LogP contribution in [-0.4, -0.2) is 33.3 Å². The predicted molar refractivity (Wildman–Crippen MR) is 63.5 cm³/mol. The van der Waals surface area contributed by atoms with E-state index in [-0.39, 0.29) is 28.9 Å². The van der Waals surface area contributed by atoms with Crippen LogP contribution in [0.2, 0.25) is 0 Å². The number of hydrogen-bond donors (Lipinski definition) is 2. The van der Waals surface area contributed by atoms with Crippen LogP contribution in [0.5, 0.6) is 0 Å². The Hall–Kier alpha value is -0.890. The van der Waals surface area contributed by atoms with E-state index < -0.39 is 10.0 Å². The highest BCUT2D eigenvalue weighted by Gasteiger charge is 2.23. The molecule has 0 bridgehead atoms. The third-order valence-corrected chi connectivity index (χ3v) is 4.49. The highest BCUT2D eigenvalue weighted by molar-refractivity contribution is 7.89. The molecule has 0 aliphatic carbocycles. The second kappa shape index (κ2) is 5.40. The summed E-state index contributed by atoms with van der Waals surface area (Å²) in [5.41, 5.74) is 0. The van der Waals surface area contributed by atoms with Crippen molar-refractivity contribution in [2.24, 2.45) is 5.92 Å². The SMILES string of the molecule is Cc1oc(CO)cc1S(=O)(=O)NCC1CCOC1. The van der Waals surface area contributed by atoms with Crippen LogP contribution in [0.4, 0.5) is 0 Å². The van der Waals surface area contributed by atoms with Crippen LogP contribution in [-0.2, 0) is 21.4 Å². The van der Waals surface area contributed by atoms with Gasteiger partial charge in [0.25, 0.3) is 0 Å². The van der Waals surface area contributed by atoms with Crippen LogP contribution in [0.15, 0.2) is 15.4 Å². The Morgan fingerprint density at radius 2 is 2.33 bits per heavy atom. The third kappa shape index (κ3) is 2.92. The van der Waals surface area contributed by atoms with Gasteiger partial charge in [0.15, 0.2) is 0 Å². The van der Waals surface area contributed by atoms with Crippen molar-refractivity contribution in [3.63, 3.8) is 0 Å². The predicted octanol–water partition coefficient (Wildman–Crippen LogP) is 0.395. The van der Waals surface area contributed by atoms with Gasteiger partial charge in [-0.2, -0.15) is 0 Å². The first kappa shape index (κ1) is 13.5. The van der Waals surface area contributed by atoms with Crippen LogP contribution in [0.3, 0.4) is 0 Å².